The van der Waals surface area contributed by atoms with Crippen LogP contribution in [0.3, 0.4) is 0 Å². The van der Waals surface area contributed by atoms with Gasteiger partial charge in [0.05, 0.1) is 19.0 Å². The summed E-state index contributed by atoms with van der Waals surface area (Å²) in [4.78, 5) is 11.6. The van der Waals surface area contributed by atoms with E-state index in [4.69, 9.17) is 5.26 Å². The van der Waals surface area contributed by atoms with Gasteiger partial charge in [-0.1, -0.05) is 0 Å². The molecule has 0 radical (unpaired) electrons. The molecule has 0 heterocycles. The van der Waals surface area contributed by atoms with Crippen LogP contribution in [0, 0.1) is 11.3 Å². The Balaban J connectivity index is 5.69. The maximum absolute atomic E-state index is 11.6. The van der Waals surface area contributed by atoms with Gasteiger partial charge in [-0.05, 0) is 55.4 Å². The first-order chi connectivity index (χ1) is 9.10. The van der Waals surface area contributed by atoms with Crippen molar-refractivity contribution in [2.45, 2.75) is 85.6 Å². The highest BCUT2D eigenvalue weighted by molar-refractivity contribution is 7.66. The SMILES string of the molecule is CC(C)N(CCC#N)[P+](O)(C(C)C)N(C(C)C)C(C)C. The predicted octanol–water partition coefficient (Wildman–Crippen LogP) is 3.89. The second kappa shape index (κ2) is 8.29. The zero-order valence-electron chi connectivity index (χ0n) is 14.5. The molecule has 0 saturated heterocycles. The Bertz CT molecular complexity index is 318. The van der Waals surface area contributed by atoms with Gasteiger partial charge in [-0.15, -0.1) is 9.34 Å². The molecular formula is C15H33N3OP+. The van der Waals surface area contributed by atoms with Gasteiger partial charge in [0.1, 0.15) is 5.66 Å². The molecule has 20 heavy (non-hydrogen) atoms. The molecule has 0 amide bonds. The van der Waals surface area contributed by atoms with Crippen molar-refractivity contribution in [2.75, 3.05) is 6.54 Å². The molecule has 0 aliphatic rings. The van der Waals surface area contributed by atoms with Crippen LogP contribution in [0.15, 0.2) is 0 Å². The highest BCUT2D eigenvalue weighted by Crippen LogP contribution is 2.67. The second-order valence-electron chi connectivity index (χ2n) is 6.44. The summed E-state index contributed by atoms with van der Waals surface area (Å²) in [7, 11) is -2.44. The molecule has 0 aromatic heterocycles. The van der Waals surface area contributed by atoms with Crippen LogP contribution in [0.1, 0.15) is 61.8 Å². The Kier molecular flexibility index (Phi) is 8.21. The molecule has 0 aromatic carbocycles. The Hall–Kier alpha value is -0.200. The number of rotatable bonds is 8. The summed E-state index contributed by atoms with van der Waals surface area (Å²) in [6.07, 6.45) is 0.456. The van der Waals surface area contributed by atoms with Crippen molar-refractivity contribution in [3.05, 3.63) is 0 Å². The molecule has 0 bridgehead atoms. The van der Waals surface area contributed by atoms with Crippen LogP contribution in [0.4, 0.5) is 0 Å². The Morgan fingerprint density at radius 1 is 0.950 bits per heavy atom. The first-order valence-electron chi connectivity index (χ1n) is 7.64. The Morgan fingerprint density at radius 2 is 1.40 bits per heavy atom. The lowest BCUT2D eigenvalue weighted by Crippen LogP contribution is -2.48. The van der Waals surface area contributed by atoms with Crippen LogP contribution in [-0.4, -0.2) is 44.6 Å². The van der Waals surface area contributed by atoms with Crippen LogP contribution >= 0.6 is 7.79 Å². The third-order valence-electron chi connectivity index (χ3n) is 3.52. The Labute approximate surface area is 126 Å². The van der Waals surface area contributed by atoms with Crippen molar-refractivity contribution in [3.63, 3.8) is 0 Å². The van der Waals surface area contributed by atoms with E-state index in [1.165, 1.54) is 0 Å². The van der Waals surface area contributed by atoms with Gasteiger partial charge in [0.25, 0.3) is 7.79 Å². The van der Waals surface area contributed by atoms with E-state index in [2.05, 4.69) is 70.8 Å². The van der Waals surface area contributed by atoms with E-state index in [1.54, 1.807) is 0 Å². The molecule has 0 aliphatic carbocycles. The third-order valence-corrected chi connectivity index (χ3v) is 7.92. The quantitative estimate of drug-likeness (QED) is 0.691. The number of nitrogens with zero attached hydrogens (tertiary/aromatic N) is 3. The molecule has 0 fully saturated rings. The standard InChI is InChI=1S/C15H33N3OP/c1-12(2)17(11-9-10-16)20(19,15(7)8)18(13(3)4)14(5)6/h12-15,19H,9,11H2,1-8H3/q+1. The van der Waals surface area contributed by atoms with Crippen LogP contribution in [-0.2, 0) is 0 Å². The highest BCUT2D eigenvalue weighted by atomic mass is 31.2. The van der Waals surface area contributed by atoms with E-state index in [1.807, 2.05) is 0 Å². The maximum atomic E-state index is 11.6. The molecule has 118 valence electrons. The smallest absolute Gasteiger partial charge is 0.213 e. The summed E-state index contributed by atoms with van der Waals surface area (Å²) in [5.74, 6) is 0. The largest absolute Gasteiger partial charge is 0.289 e. The normalized spacial score (nSPS) is 15.7. The third kappa shape index (κ3) is 4.40. The lowest BCUT2D eigenvalue weighted by molar-refractivity contribution is 0.220. The van der Waals surface area contributed by atoms with Gasteiger partial charge in [-0.25, -0.2) is 4.89 Å². The predicted molar refractivity (Wildman–Crippen MR) is 88.5 cm³/mol. The number of hydrogen-bond acceptors (Lipinski definition) is 4. The lowest BCUT2D eigenvalue weighted by Gasteiger charge is -2.45. The van der Waals surface area contributed by atoms with Crippen LogP contribution in [0.25, 0.3) is 0 Å². The van der Waals surface area contributed by atoms with Crippen LogP contribution in [0.2, 0.25) is 0 Å². The fraction of sp³-hybridized carbons (Fsp3) is 0.933. The van der Waals surface area contributed by atoms with Crippen molar-refractivity contribution in [2.24, 2.45) is 0 Å². The molecule has 0 saturated carbocycles. The first kappa shape index (κ1) is 19.8. The van der Waals surface area contributed by atoms with E-state index in [-0.39, 0.29) is 23.8 Å². The monoisotopic (exact) mass is 302 g/mol. The van der Waals surface area contributed by atoms with E-state index in [0.29, 0.717) is 13.0 Å². The van der Waals surface area contributed by atoms with Crippen LogP contribution < -0.4 is 0 Å². The molecule has 5 heteroatoms. The van der Waals surface area contributed by atoms with Gasteiger partial charge >= 0.3 is 0 Å². The van der Waals surface area contributed by atoms with Gasteiger partial charge in [-0.2, -0.15) is 5.26 Å². The summed E-state index contributed by atoms with van der Waals surface area (Å²) < 4.78 is 4.43. The van der Waals surface area contributed by atoms with Gasteiger partial charge in [-0.3, -0.25) is 0 Å². The van der Waals surface area contributed by atoms with Crippen LogP contribution in [0.5, 0.6) is 0 Å². The van der Waals surface area contributed by atoms with Gasteiger partial charge in [0.2, 0.25) is 0 Å². The first-order valence-corrected chi connectivity index (χ1v) is 9.36. The van der Waals surface area contributed by atoms with Gasteiger partial charge < -0.3 is 0 Å². The fourth-order valence-corrected chi connectivity index (χ4v) is 6.71. The van der Waals surface area contributed by atoms with Gasteiger partial charge in [0.15, 0.2) is 0 Å². The number of nitriles is 1. The minimum atomic E-state index is -2.44. The maximum Gasteiger partial charge on any atom is 0.289 e. The zero-order valence-corrected chi connectivity index (χ0v) is 15.4. The zero-order chi connectivity index (χ0) is 16.1. The topological polar surface area (TPSA) is 50.5 Å². The van der Waals surface area contributed by atoms with Crippen molar-refractivity contribution in [1.82, 2.24) is 9.34 Å². The molecular weight excluding hydrogens is 269 g/mol. The number of hydrogen-bond donors (Lipinski definition) is 1. The van der Waals surface area contributed by atoms with Crippen molar-refractivity contribution < 1.29 is 4.89 Å². The second-order valence-corrected chi connectivity index (χ2v) is 9.68. The van der Waals surface area contributed by atoms with Crippen molar-refractivity contribution in [1.29, 1.82) is 5.26 Å². The van der Waals surface area contributed by atoms with E-state index >= 15 is 0 Å². The minimum absolute atomic E-state index is 0.161. The fourth-order valence-electron chi connectivity index (χ4n) is 2.88. The summed E-state index contributed by atoms with van der Waals surface area (Å²) in [6.45, 7) is 17.6. The van der Waals surface area contributed by atoms with E-state index in [0.717, 1.165) is 0 Å². The lowest BCUT2D eigenvalue weighted by atomic mass is 10.3. The summed E-state index contributed by atoms with van der Waals surface area (Å²) in [6, 6.07) is 2.99. The molecule has 0 aromatic rings. The summed E-state index contributed by atoms with van der Waals surface area (Å²) >= 11 is 0. The van der Waals surface area contributed by atoms with E-state index in [9.17, 15) is 4.89 Å². The molecule has 1 unspecified atom stereocenters. The van der Waals surface area contributed by atoms with Gasteiger partial charge in [0, 0.05) is 18.1 Å². The van der Waals surface area contributed by atoms with Crippen molar-refractivity contribution in [3.8, 4) is 6.07 Å². The highest BCUT2D eigenvalue weighted by Gasteiger charge is 2.55. The molecule has 1 atom stereocenters. The molecule has 0 spiro atoms. The molecule has 0 aliphatic heterocycles. The summed E-state index contributed by atoms with van der Waals surface area (Å²) in [5.41, 5.74) is 0.161. The minimum Gasteiger partial charge on any atom is -0.213 e. The Morgan fingerprint density at radius 3 is 1.65 bits per heavy atom. The average Bonchev–Trinajstić information content (AvgIpc) is 2.27. The summed E-state index contributed by atoms with van der Waals surface area (Å²) in [5, 5.41) is 8.90. The van der Waals surface area contributed by atoms with Crippen molar-refractivity contribution >= 4 is 7.79 Å². The average molecular weight is 302 g/mol. The molecule has 4 nitrogen and oxygen atoms in total. The van der Waals surface area contributed by atoms with E-state index < -0.39 is 7.79 Å². The molecule has 0 rings (SSSR count). The molecule has 1 N–H and O–H groups in total.